The van der Waals surface area contributed by atoms with Gasteiger partial charge in [-0.3, -0.25) is 9.69 Å². The molecule has 2 aliphatic heterocycles. The van der Waals surface area contributed by atoms with Crippen LogP contribution in [0.1, 0.15) is 15.9 Å². The lowest BCUT2D eigenvalue weighted by molar-refractivity contribution is 0.0682. The van der Waals surface area contributed by atoms with E-state index in [2.05, 4.69) is 4.90 Å². The predicted molar refractivity (Wildman–Crippen MR) is 88.4 cm³/mol. The molecule has 2 aromatic carbocycles. The third-order valence-electron chi connectivity index (χ3n) is 4.82. The lowest BCUT2D eigenvalue weighted by Crippen LogP contribution is -2.44. The van der Waals surface area contributed by atoms with Crippen LogP contribution in [0.4, 0.5) is 4.39 Å². The molecule has 1 amide bonds. The van der Waals surface area contributed by atoms with Gasteiger partial charge in [0.15, 0.2) is 0 Å². The van der Waals surface area contributed by atoms with E-state index in [0.717, 1.165) is 12.1 Å². The highest BCUT2D eigenvalue weighted by atomic mass is 19.1. The topological polar surface area (TPSA) is 32.8 Å². The molecule has 4 rings (SSSR count). The largest absolute Gasteiger partial charge is 0.486 e. The first-order valence-corrected chi connectivity index (χ1v) is 8.11. The normalized spacial score (nSPS) is 23.4. The van der Waals surface area contributed by atoms with Gasteiger partial charge < -0.3 is 9.64 Å². The van der Waals surface area contributed by atoms with E-state index in [0.29, 0.717) is 24.4 Å². The summed E-state index contributed by atoms with van der Waals surface area (Å²) in [6, 6.07) is 14.0. The fourth-order valence-electron chi connectivity index (χ4n) is 3.59. The molecule has 24 heavy (non-hydrogen) atoms. The Bertz CT molecular complexity index is 779. The number of likely N-dealkylation sites (tertiary alicyclic amines) is 1. The van der Waals surface area contributed by atoms with E-state index in [9.17, 15) is 9.18 Å². The van der Waals surface area contributed by atoms with E-state index in [-0.39, 0.29) is 23.9 Å². The van der Waals surface area contributed by atoms with Crippen molar-refractivity contribution in [2.24, 2.45) is 0 Å². The first-order valence-electron chi connectivity index (χ1n) is 8.11. The first-order chi connectivity index (χ1) is 11.6. The molecule has 2 heterocycles. The summed E-state index contributed by atoms with van der Waals surface area (Å²) >= 11 is 0. The minimum atomic E-state index is -0.224. The molecule has 0 bridgehead atoms. The molecule has 0 aromatic heterocycles. The van der Waals surface area contributed by atoms with E-state index < -0.39 is 0 Å². The van der Waals surface area contributed by atoms with Gasteiger partial charge in [0.2, 0.25) is 0 Å². The molecule has 2 atom stereocenters. The molecule has 0 N–H and O–H groups in total. The van der Waals surface area contributed by atoms with E-state index >= 15 is 0 Å². The smallest absolute Gasteiger partial charge is 0.257 e. The average molecular weight is 326 g/mol. The maximum Gasteiger partial charge on any atom is 0.257 e. The highest BCUT2D eigenvalue weighted by molar-refractivity contribution is 5.97. The van der Waals surface area contributed by atoms with Gasteiger partial charge in [-0.15, -0.1) is 0 Å². The number of fused-ring (bicyclic) bond motifs is 2. The number of carbonyl (C=O) groups excluding carboxylic acids is 1. The maximum absolute atomic E-state index is 13.4. The molecule has 2 aliphatic rings. The number of hydrogen-bond donors (Lipinski definition) is 0. The summed E-state index contributed by atoms with van der Waals surface area (Å²) < 4.78 is 19.5. The molecular weight excluding hydrogens is 307 g/mol. The van der Waals surface area contributed by atoms with E-state index in [1.165, 1.54) is 6.07 Å². The van der Waals surface area contributed by atoms with Gasteiger partial charge in [0.1, 0.15) is 17.7 Å². The Morgan fingerprint density at radius 3 is 2.83 bits per heavy atom. The SMILES string of the molecule is CN1C(=O)c2ccccc2O[C@H]2CN(Cc3cccc(F)c3)C[C@H]21. The van der Waals surface area contributed by atoms with Crippen LogP contribution in [-0.2, 0) is 6.54 Å². The number of benzene rings is 2. The minimum absolute atomic E-state index is 0.00143. The molecule has 1 fully saturated rings. The number of halogens is 1. The van der Waals surface area contributed by atoms with Crippen LogP contribution in [0.5, 0.6) is 5.75 Å². The van der Waals surface area contributed by atoms with E-state index in [1.807, 2.05) is 31.3 Å². The third kappa shape index (κ3) is 2.65. The van der Waals surface area contributed by atoms with Crippen molar-refractivity contribution in [3.05, 3.63) is 65.5 Å². The minimum Gasteiger partial charge on any atom is -0.486 e. The van der Waals surface area contributed by atoms with Crippen molar-refractivity contribution in [2.45, 2.75) is 18.7 Å². The fraction of sp³-hybridized carbons (Fsp3) is 0.316. The molecule has 2 aromatic rings. The molecule has 4 nitrogen and oxygen atoms in total. The van der Waals surface area contributed by atoms with Crippen LogP contribution in [0.3, 0.4) is 0 Å². The zero-order valence-electron chi connectivity index (χ0n) is 13.5. The molecule has 1 saturated heterocycles. The van der Waals surface area contributed by atoms with Crippen LogP contribution in [-0.4, -0.2) is 48.0 Å². The molecule has 124 valence electrons. The number of likely N-dealkylation sites (N-methyl/N-ethyl adjacent to an activating group) is 1. The molecule has 0 spiro atoms. The zero-order chi connectivity index (χ0) is 16.7. The van der Waals surface area contributed by atoms with Crippen molar-refractivity contribution in [1.82, 2.24) is 9.80 Å². The van der Waals surface area contributed by atoms with Gasteiger partial charge in [0.05, 0.1) is 11.6 Å². The standard InChI is InChI=1S/C19H19FN2O2/c1-21-16-11-22(10-13-5-4-6-14(20)9-13)12-18(16)24-17-8-3-2-7-15(17)19(21)23/h2-9,16,18H,10-12H2,1H3/t16-,18+/m1/s1. The second-order valence-electron chi connectivity index (χ2n) is 6.46. The van der Waals surface area contributed by atoms with Crippen molar-refractivity contribution < 1.29 is 13.9 Å². The van der Waals surface area contributed by atoms with Gasteiger partial charge in [-0.05, 0) is 29.8 Å². The average Bonchev–Trinajstić information content (AvgIpc) is 2.92. The summed E-state index contributed by atoms with van der Waals surface area (Å²) in [5, 5.41) is 0. The van der Waals surface area contributed by atoms with Gasteiger partial charge >= 0.3 is 0 Å². The van der Waals surface area contributed by atoms with Crippen molar-refractivity contribution in [2.75, 3.05) is 20.1 Å². The Balaban J connectivity index is 1.56. The second-order valence-corrected chi connectivity index (χ2v) is 6.46. The van der Waals surface area contributed by atoms with Crippen molar-refractivity contribution in [1.29, 1.82) is 0 Å². The van der Waals surface area contributed by atoms with Gasteiger partial charge in [-0.2, -0.15) is 0 Å². The Labute approximate surface area is 140 Å². The van der Waals surface area contributed by atoms with Gasteiger partial charge in [0, 0.05) is 26.7 Å². The third-order valence-corrected chi connectivity index (χ3v) is 4.82. The Kier molecular flexibility index (Phi) is 3.73. The number of nitrogens with zero attached hydrogens (tertiary/aromatic N) is 2. The summed E-state index contributed by atoms with van der Waals surface area (Å²) in [4.78, 5) is 16.7. The van der Waals surface area contributed by atoms with E-state index in [4.69, 9.17) is 4.74 Å². The number of ether oxygens (including phenoxy) is 1. The molecule has 0 aliphatic carbocycles. The monoisotopic (exact) mass is 326 g/mol. The van der Waals surface area contributed by atoms with Crippen LogP contribution in [0.2, 0.25) is 0 Å². The fourth-order valence-corrected chi connectivity index (χ4v) is 3.59. The maximum atomic E-state index is 13.4. The highest BCUT2D eigenvalue weighted by Crippen LogP contribution is 2.30. The lowest BCUT2D eigenvalue weighted by atomic mass is 10.1. The summed E-state index contributed by atoms with van der Waals surface area (Å²) in [5.74, 6) is 0.415. The highest BCUT2D eigenvalue weighted by Gasteiger charge is 2.41. The van der Waals surface area contributed by atoms with Gasteiger partial charge in [0.25, 0.3) is 5.91 Å². The van der Waals surface area contributed by atoms with Crippen molar-refractivity contribution in [3.63, 3.8) is 0 Å². The summed E-state index contributed by atoms with van der Waals surface area (Å²) in [6.45, 7) is 2.09. The van der Waals surface area contributed by atoms with E-state index in [1.54, 1.807) is 23.1 Å². The Morgan fingerprint density at radius 1 is 1.17 bits per heavy atom. The summed E-state index contributed by atoms with van der Waals surface area (Å²) in [6.07, 6.45) is -0.0730. The molecular formula is C19H19FN2O2. The molecule has 5 heteroatoms. The quantitative estimate of drug-likeness (QED) is 0.850. The van der Waals surface area contributed by atoms with Crippen LogP contribution in [0.15, 0.2) is 48.5 Å². The molecule has 0 radical (unpaired) electrons. The number of hydrogen-bond acceptors (Lipinski definition) is 3. The number of carbonyl (C=O) groups is 1. The molecule has 0 saturated carbocycles. The molecule has 0 unspecified atom stereocenters. The first kappa shape index (κ1) is 15.1. The van der Waals surface area contributed by atoms with Crippen LogP contribution >= 0.6 is 0 Å². The lowest BCUT2D eigenvalue weighted by Gasteiger charge is -2.25. The Morgan fingerprint density at radius 2 is 2.00 bits per heavy atom. The van der Waals surface area contributed by atoms with Crippen LogP contribution in [0.25, 0.3) is 0 Å². The van der Waals surface area contributed by atoms with Crippen molar-refractivity contribution >= 4 is 5.91 Å². The Hall–Kier alpha value is -2.40. The van der Waals surface area contributed by atoms with Crippen LogP contribution in [0, 0.1) is 5.82 Å². The number of para-hydroxylation sites is 1. The summed E-state index contributed by atoms with van der Waals surface area (Å²) in [5.41, 5.74) is 1.55. The predicted octanol–water partition coefficient (Wildman–Crippen LogP) is 2.54. The number of rotatable bonds is 2. The van der Waals surface area contributed by atoms with Crippen LogP contribution < -0.4 is 4.74 Å². The zero-order valence-corrected chi connectivity index (χ0v) is 13.5. The van der Waals surface area contributed by atoms with Gasteiger partial charge in [-0.1, -0.05) is 24.3 Å². The number of amides is 1. The van der Waals surface area contributed by atoms with Crippen molar-refractivity contribution in [3.8, 4) is 5.75 Å². The van der Waals surface area contributed by atoms with Gasteiger partial charge in [-0.25, -0.2) is 4.39 Å². The second kappa shape index (κ2) is 5.91. The summed E-state index contributed by atoms with van der Waals surface area (Å²) in [7, 11) is 1.83.